The van der Waals surface area contributed by atoms with Crippen molar-refractivity contribution in [1.29, 1.82) is 0 Å². The maximum Gasteiger partial charge on any atom is 0.266 e. The van der Waals surface area contributed by atoms with E-state index in [0.717, 1.165) is 5.56 Å². The molecule has 0 saturated heterocycles. The molecule has 3 rings (SSSR count). The second kappa shape index (κ2) is 11.0. The van der Waals surface area contributed by atoms with Gasteiger partial charge in [-0.15, -0.1) is 0 Å². The molecule has 3 aromatic rings. The Morgan fingerprint density at radius 2 is 1.64 bits per heavy atom. The van der Waals surface area contributed by atoms with Crippen LogP contribution in [0.4, 0.5) is 0 Å². The van der Waals surface area contributed by atoms with E-state index in [1.807, 2.05) is 6.07 Å². The zero-order chi connectivity index (χ0) is 23.8. The summed E-state index contributed by atoms with van der Waals surface area (Å²) in [6, 6.07) is 15.4. The summed E-state index contributed by atoms with van der Waals surface area (Å²) in [5, 5.41) is 7.18. The first-order valence-corrected chi connectivity index (χ1v) is 10.3. The highest BCUT2D eigenvalue weighted by atomic mass is 16.5. The van der Waals surface area contributed by atoms with Gasteiger partial charge in [-0.1, -0.05) is 0 Å². The van der Waals surface area contributed by atoms with Crippen molar-refractivity contribution in [3.63, 3.8) is 0 Å². The smallest absolute Gasteiger partial charge is 0.266 e. The molecule has 0 radical (unpaired) electrons. The Bertz CT molecular complexity index is 1140. The van der Waals surface area contributed by atoms with Crippen molar-refractivity contribution < 1.29 is 23.7 Å². The van der Waals surface area contributed by atoms with Gasteiger partial charge in [0.15, 0.2) is 17.6 Å². The summed E-state index contributed by atoms with van der Waals surface area (Å²) in [6.07, 6.45) is -0.707. The Balaban J connectivity index is 1.60. The molecule has 0 aliphatic rings. The van der Waals surface area contributed by atoms with E-state index in [9.17, 15) is 9.59 Å². The Labute approximate surface area is 191 Å². The highest BCUT2D eigenvalue weighted by Crippen LogP contribution is 2.31. The fraction of sp³-hybridized carbons (Fsp3) is 0.292. The SMILES string of the molecule is COc1ccc(OC(C)C(=O)NCCn2nc(-c3ccc(OC)c(OC)c3)ccc2=O)cc1. The van der Waals surface area contributed by atoms with Gasteiger partial charge in [0.2, 0.25) is 0 Å². The predicted octanol–water partition coefficient (Wildman–Crippen LogP) is 2.52. The molecule has 174 valence electrons. The summed E-state index contributed by atoms with van der Waals surface area (Å²) in [4.78, 5) is 24.6. The molecule has 9 nitrogen and oxygen atoms in total. The summed E-state index contributed by atoms with van der Waals surface area (Å²) < 4.78 is 22.6. The minimum absolute atomic E-state index is 0.209. The molecule has 1 heterocycles. The van der Waals surface area contributed by atoms with Crippen LogP contribution in [0, 0.1) is 0 Å². The van der Waals surface area contributed by atoms with Gasteiger partial charge in [0.05, 0.1) is 33.6 Å². The molecule has 1 unspecified atom stereocenters. The molecule has 0 bridgehead atoms. The molecule has 0 aliphatic carbocycles. The van der Waals surface area contributed by atoms with Crippen LogP contribution in [0.3, 0.4) is 0 Å². The first-order chi connectivity index (χ1) is 15.9. The van der Waals surface area contributed by atoms with Crippen LogP contribution in [0.2, 0.25) is 0 Å². The van der Waals surface area contributed by atoms with Crippen molar-refractivity contribution in [3.8, 4) is 34.3 Å². The topological polar surface area (TPSA) is 101 Å². The first-order valence-electron chi connectivity index (χ1n) is 10.3. The summed E-state index contributed by atoms with van der Waals surface area (Å²) in [6.45, 7) is 2.08. The Kier molecular flexibility index (Phi) is 7.91. The molecular weight excluding hydrogens is 426 g/mol. The van der Waals surface area contributed by atoms with Crippen molar-refractivity contribution in [3.05, 3.63) is 65.0 Å². The molecule has 1 amide bonds. The van der Waals surface area contributed by atoms with Crippen molar-refractivity contribution in [1.82, 2.24) is 15.1 Å². The number of carbonyl (C=O) groups excluding carboxylic acids is 1. The first kappa shape index (κ1) is 23.6. The number of carbonyl (C=O) groups is 1. The lowest BCUT2D eigenvalue weighted by Crippen LogP contribution is -2.39. The molecule has 0 saturated carbocycles. The fourth-order valence-corrected chi connectivity index (χ4v) is 3.10. The largest absolute Gasteiger partial charge is 0.497 e. The molecule has 1 atom stereocenters. The monoisotopic (exact) mass is 453 g/mol. The number of methoxy groups -OCH3 is 3. The van der Waals surface area contributed by atoms with Gasteiger partial charge in [0, 0.05) is 18.2 Å². The van der Waals surface area contributed by atoms with Crippen LogP contribution >= 0.6 is 0 Å². The summed E-state index contributed by atoms with van der Waals surface area (Å²) in [7, 11) is 4.70. The molecule has 0 fully saturated rings. The Morgan fingerprint density at radius 3 is 2.30 bits per heavy atom. The van der Waals surface area contributed by atoms with Crippen molar-refractivity contribution in [2.24, 2.45) is 0 Å². The van der Waals surface area contributed by atoms with Crippen LogP contribution in [0.1, 0.15) is 6.92 Å². The summed E-state index contributed by atoms with van der Waals surface area (Å²) in [5.41, 5.74) is 1.10. The highest BCUT2D eigenvalue weighted by molar-refractivity contribution is 5.80. The van der Waals surface area contributed by atoms with Crippen molar-refractivity contribution in [2.45, 2.75) is 19.6 Å². The Morgan fingerprint density at radius 1 is 0.939 bits per heavy atom. The molecule has 33 heavy (non-hydrogen) atoms. The number of amides is 1. The van der Waals surface area contributed by atoms with Gasteiger partial charge in [-0.3, -0.25) is 9.59 Å². The predicted molar refractivity (Wildman–Crippen MR) is 123 cm³/mol. The van der Waals surface area contributed by atoms with Crippen LogP contribution in [0.25, 0.3) is 11.3 Å². The quantitative estimate of drug-likeness (QED) is 0.503. The number of nitrogens with one attached hydrogen (secondary N) is 1. The van der Waals surface area contributed by atoms with Crippen molar-refractivity contribution in [2.75, 3.05) is 27.9 Å². The molecule has 0 aliphatic heterocycles. The standard InChI is InChI=1S/C24H27N3O6/c1-16(33-19-8-6-18(30-2)7-9-19)24(29)25-13-14-27-23(28)12-10-20(26-27)17-5-11-21(31-3)22(15-17)32-4/h5-12,15-16H,13-14H2,1-4H3,(H,25,29). The Hall–Kier alpha value is -4.01. The van der Waals surface area contributed by atoms with E-state index >= 15 is 0 Å². The van der Waals surface area contributed by atoms with Crippen LogP contribution in [0.15, 0.2) is 59.4 Å². The van der Waals surface area contributed by atoms with Gasteiger partial charge in [-0.05, 0) is 55.5 Å². The number of nitrogens with zero attached hydrogens (tertiary/aromatic N) is 2. The third-order valence-corrected chi connectivity index (χ3v) is 4.91. The zero-order valence-electron chi connectivity index (χ0n) is 19.0. The number of ether oxygens (including phenoxy) is 4. The maximum absolute atomic E-state index is 12.4. The minimum atomic E-state index is -0.707. The van der Waals surface area contributed by atoms with Crippen LogP contribution < -0.4 is 29.8 Å². The summed E-state index contributed by atoms with van der Waals surface area (Å²) >= 11 is 0. The fourth-order valence-electron chi connectivity index (χ4n) is 3.10. The lowest BCUT2D eigenvalue weighted by Gasteiger charge is -2.15. The van der Waals surface area contributed by atoms with Crippen LogP contribution in [0.5, 0.6) is 23.0 Å². The number of hydrogen-bond acceptors (Lipinski definition) is 7. The number of hydrogen-bond donors (Lipinski definition) is 1. The van der Waals surface area contributed by atoms with E-state index in [-0.39, 0.29) is 24.6 Å². The van der Waals surface area contributed by atoms with E-state index < -0.39 is 6.10 Å². The maximum atomic E-state index is 12.4. The van der Waals surface area contributed by atoms with Crippen LogP contribution in [-0.2, 0) is 11.3 Å². The van der Waals surface area contributed by atoms with Gasteiger partial charge >= 0.3 is 0 Å². The molecule has 1 aromatic heterocycles. The minimum Gasteiger partial charge on any atom is -0.497 e. The third-order valence-electron chi connectivity index (χ3n) is 4.91. The number of aromatic nitrogens is 2. The highest BCUT2D eigenvalue weighted by Gasteiger charge is 2.15. The molecule has 2 aromatic carbocycles. The number of rotatable bonds is 10. The lowest BCUT2D eigenvalue weighted by molar-refractivity contribution is -0.127. The summed E-state index contributed by atoms with van der Waals surface area (Å²) in [5.74, 6) is 2.12. The van der Waals surface area contributed by atoms with Gasteiger partial charge in [-0.2, -0.15) is 5.10 Å². The van der Waals surface area contributed by atoms with E-state index in [1.54, 1.807) is 70.7 Å². The van der Waals surface area contributed by atoms with Gasteiger partial charge in [0.25, 0.3) is 11.5 Å². The second-order valence-electron chi connectivity index (χ2n) is 7.08. The van der Waals surface area contributed by atoms with Crippen LogP contribution in [-0.4, -0.2) is 49.7 Å². The second-order valence-corrected chi connectivity index (χ2v) is 7.08. The molecule has 0 spiro atoms. The molecular formula is C24H27N3O6. The molecule has 1 N–H and O–H groups in total. The zero-order valence-corrected chi connectivity index (χ0v) is 19.0. The van der Waals surface area contributed by atoms with E-state index in [1.165, 1.54) is 10.7 Å². The average molecular weight is 453 g/mol. The normalized spacial score (nSPS) is 11.4. The van der Waals surface area contributed by atoms with E-state index in [2.05, 4.69) is 10.4 Å². The number of benzene rings is 2. The van der Waals surface area contributed by atoms with E-state index in [4.69, 9.17) is 18.9 Å². The van der Waals surface area contributed by atoms with Gasteiger partial charge in [0.1, 0.15) is 11.5 Å². The van der Waals surface area contributed by atoms with Gasteiger partial charge in [-0.25, -0.2) is 4.68 Å². The average Bonchev–Trinajstić information content (AvgIpc) is 2.85. The van der Waals surface area contributed by atoms with Crippen molar-refractivity contribution >= 4 is 5.91 Å². The van der Waals surface area contributed by atoms with Gasteiger partial charge < -0.3 is 24.3 Å². The lowest BCUT2D eigenvalue weighted by atomic mass is 10.1. The third kappa shape index (κ3) is 6.03. The van der Waals surface area contributed by atoms with E-state index in [0.29, 0.717) is 28.7 Å². The molecule has 9 heteroatoms.